The van der Waals surface area contributed by atoms with Gasteiger partial charge in [0.15, 0.2) is 0 Å². The largest absolute Gasteiger partial charge is 0.269 e. The molecule has 8 heteroatoms. The Morgan fingerprint density at radius 3 is 2.41 bits per heavy atom. The molecule has 22 heavy (non-hydrogen) atoms. The summed E-state index contributed by atoms with van der Waals surface area (Å²) < 4.78 is 26.4. The molecule has 0 aliphatic rings. The molecule has 0 bridgehead atoms. The van der Waals surface area contributed by atoms with Crippen LogP contribution in [0.3, 0.4) is 0 Å². The molecular weight excluding hydrogens is 306 g/mol. The van der Waals surface area contributed by atoms with Crippen LogP contribution in [-0.4, -0.2) is 25.4 Å². The number of nitro groups is 1. The van der Waals surface area contributed by atoms with Gasteiger partial charge in [-0.1, -0.05) is 6.07 Å². The summed E-state index contributed by atoms with van der Waals surface area (Å²) in [6.07, 6.45) is 0. The number of hydrogen-bond acceptors (Lipinski definition) is 5. The molecule has 1 heterocycles. The maximum atomic E-state index is 12.7. The molecule has 1 aromatic heterocycles. The number of aromatic nitrogens is 1. The molecule has 0 unspecified atom stereocenters. The lowest BCUT2D eigenvalue weighted by Gasteiger charge is -2.19. The lowest BCUT2D eigenvalue weighted by atomic mass is 10.2. The van der Waals surface area contributed by atoms with Gasteiger partial charge in [-0.25, -0.2) is 13.4 Å². The predicted octanol–water partition coefficient (Wildman–Crippen LogP) is 2.43. The summed E-state index contributed by atoms with van der Waals surface area (Å²) in [5.41, 5.74) is 0.862. The fourth-order valence-corrected chi connectivity index (χ4v) is 3.36. The highest BCUT2D eigenvalue weighted by molar-refractivity contribution is 7.92. The molecule has 7 nitrogen and oxygen atoms in total. The van der Waals surface area contributed by atoms with Gasteiger partial charge in [0.25, 0.3) is 15.7 Å². The average Bonchev–Trinajstić information content (AvgIpc) is 2.45. The lowest BCUT2D eigenvalue weighted by molar-refractivity contribution is -0.385. The molecule has 1 aromatic carbocycles. The average molecular weight is 321 g/mol. The van der Waals surface area contributed by atoms with E-state index in [4.69, 9.17) is 0 Å². The number of nitro benzene ring substituents is 1. The fourth-order valence-electron chi connectivity index (χ4n) is 2.01. The van der Waals surface area contributed by atoms with Crippen LogP contribution in [0.4, 0.5) is 11.5 Å². The normalized spacial score (nSPS) is 11.2. The number of anilines is 1. The quantitative estimate of drug-likeness (QED) is 0.637. The first-order valence-electron chi connectivity index (χ1n) is 6.41. The maximum absolute atomic E-state index is 12.7. The van der Waals surface area contributed by atoms with E-state index in [2.05, 4.69) is 4.98 Å². The first kappa shape index (κ1) is 15.9. The van der Waals surface area contributed by atoms with Crippen molar-refractivity contribution in [3.05, 3.63) is 57.8 Å². The van der Waals surface area contributed by atoms with Gasteiger partial charge in [-0.3, -0.25) is 14.4 Å². The van der Waals surface area contributed by atoms with Crippen molar-refractivity contribution in [3.8, 4) is 0 Å². The summed E-state index contributed by atoms with van der Waals surface area (Å²) in [6, 6.07) is 8.73. The van der Waals surface area contributed by atoms with Crippen LogP contribution < -0.4 is 4.31 Å². The van der Waals surface area contributed by atoms with E-state index >= 15 is 0 Å². The van der Waals surface area contributed by atoms with Crippen molar-refractivity contribution in [3.63, 3.8) is 0 Å². The van der Waals surface area contributed by atoms with Crippen LogP contribution in [0, 0.1) is 24.0 Å². The monoisotopic (exact) mass is 321 g/mol. The third kappa shape index (κ3) is 2.91. The number of hydrogen-bond donors (Lipinski definition) is 0. The molecule has 0 spiro atoms. The predicted molar refractivity (Wildman–Crippen MR) is 82.4 cm³/mol. The summed E-state index contributed by atoms with van der Waals surface area (Å²) in [4.78, 5) is 14.4. The molecule has 116 valence electrons. The molecule has 2 rings (SSSR count). The van der Waals surface area contributed by atoms with E-state index in [-0.39, 0.29) is 16.4 Å². The van der Waals surface area contributed by atoms with E-state index in [0.29, 0.717) is 11.3 Å². The van der Waals surface area contributed by atoms with E-state index in [9.17, 15) is 18.5 Å². The van der Waals surface area contributed by atoms with Crippen LogP contribution in [0.2, 0.25) is 0 Å². The summed E-state index contributed by atoms with van der Waals surface area (Å²) in [7, 11) is -2.43. The van der Waals surface area contributed by atoms with Gasteiger partial charge in [0, 0.05) is 24.9 Å². The van der Waals surface area contributed by atoms with Crippen LogP contribution in [0.1, 0.15) is 11.3 Å². The molecule has 0 radical (unpaired) electrons. The Morgan fingerprint density at radius 2 is 1.86 bits per heavy atom. The maximum Gasteiger partial charge on any atom is 0.269 e. The number of aryl methyl sites for hydroxylation is 2. The highest BCUT2D eigenvalue weighted by atomic mass is 32.2. The number of non-ortho nitro benzene ring substituents is 1. The molecule has 0 aliphatic carbocycles. The molecule has 0 atom stereocenters. The summed E-state index contributed by atoms with van der Waals surface area (Å²) >= 11 is 0. The number of sulfonamides is 1. The van der Waals surface area contributed by atoms with E-state index < -0.39 is 14.9 Å². The molecular formula is C14H15N3O4S. The number of nitrogens with zero attached hydrogens (tertiary/aromatic N) is 3. The minimum atomic E-state index is -3.83. The Hall–Kier alpha value is -2.48. The third-order valence-electron chi connectivity index (χ3n) is 3.20. The zero-order valence-electron chi connectivity index (χ0n) is 12.3. The highest BCUT2D eigenvalue weighted by Gasteiger charge is 2.25. The number of rotatable bonds is 4. The summed E-state index contributed by atoms with van der Waals surface area (Å²) in [6.45, 7) is 3.29. The van der Waals surface area contributed by atoms with Gasteiger partial charge in [-0.2, -0.15) is 0 Å². The molecule has 0 saturated carbocycles. The number of benzene rings is 1. The zero-order chi connectivity index (χ0) is 16.5. The minimum absolute atomic E-state index is 0.0175. The Balaban J connectivity index is 2.48. The van der Waals surface area contributed by atoms with Crippen LogP contribution >= 0.6 is 0 Å². The van der Waals surface area contributed by atoms with Crippen molar-refractivity contribution in [2.45, 2.75) is 18.7 Å². The van der Waals surface area contributed by atoms with Crippen molar-refractivity contribution in [1.82, 2.24) is 4.98 Å². The first-order valence-corrected chi connectivity index (χ1v) is 7.85. The van der Waals surface area contributed by atoms with E-state index in [1.807, 2.05) is 0 Å². The van der Waals surface area contributed by atoms with Crippen LogP contribution in [-0.2, 0) is 10.0 Å². The lowest BCUT2D eigenvalue weighted by Crippen LogP contribution is -2.28. The Bertz CT molecular complexity index is 834. The second-order valence-electron chi connectivity index (χ2n) is 4.82. The molecule has 0 saturated heterocycles. The van der Waals surface area contributed by atoms with Gasteiger partial charge in [-0.05, 0) is 37.6 Å². The van der Waals surface area contributed by atoms with Gasteiger partial charge in [0.1, 0.15) is 5.82 Å². The van der Waals surface area contributed by atoms with Crippen molar-refractivity contribution in [1.29, 1.82) is 0 Å². The topological polar surface area (TPSA) is 93.4 Å². The van der Waals surface area contributed by atoms with Crippen molar-refractivity contribution >= 4 is 21.5 Å². The van der Waals surface area contributed by atoms with Crippen molar-refractivity contribution in [2.24, 2.45) is 0 Å². The van der Waals surface area contributed by atoms with Gasteiger partial charge in [-0.15, -0.1) is 0 Å². The van der Waals surface area contributed by atoms with Crippen molar-refractivity contribution < 1.29 is 13.3 Å². The fraction of sp³-hybridized carbons (Fsp3) is 0.214. The summed E-state index contributed by atoms with van der Waals surface area (Å²) in [5, 5.41) is 10.7. The first-order chi connectivity index (χ1) is 10.2. The smallest absolute Gasteiger partial charge is 0.258 e. The molecule has 2 aromatic rings. The zero-order valence-corrected chi connectivity index (χ0v) is 13.2. The SMILES string of the molecule is Cc1cccc(N(C)S(=O)(=O)c2ccc([N+](=O)[O-])cc2C)n1. The molecule has 0 amide bonds. The molecule has 0 N–H and O–H groups in total. The second kappa shape index (κ2) is 5.72. The van der Waals surface area contributed by atoms with E-state index in [1.54, 1.807) is 25.1 Å². The van der Waals surface area contributed by atoms with Gasteiger partial charge in [0.05, 0.1) is 9.82 Å². The third-order valence-corrected chi connectivity index (χ3v) is 5.13. The van der Waals surface area contributed by atoms with Gasteiger partial charge < -0.3 is 0 Å². The van der Waals surface area contributed by atoms with Crippen LogP contribution in [0.15, 0.2) is 41.3 Å². The molecule has 0 aliphatic heterocycles. The Morgan fingerprint density at radius 1 is 1.18 bits per heavy atom. The summed E-state index contributed by atoms with van der Waals surface area (Å²) in [5.74, 6) is 0.290. The van der Waals surface area contributed by atoms with Gasteiger partial charge >= 0.3 is 0 Å². The Kier molecular flexibility index (Phi) is 4.14. The Labute approximate surface area is 128 Å². The standard InChI is InChI=1S/C14H15N3O4S/c1-10-9-12(17(18)19)7-8-13(10)22(20,21)16(3)14-6-4-5-11(2)15-14/h4-9H,1-3H3. The van der Waals surface area contributed by atoms with E-state index in [0.717, 1.165) is 4.31 Å². The van der Waals surface area contributed by atoms with Crippen LogP contribution in [0.5, 0.6) is 0 Å². The van der Waals surface area contributed by atoms with E-state index in [1.165, 1.54) is 32.2 Å². The highest BCUT2D eigenvalue weighted by Crippen LogP contribution is 2.25. The van der Waals surface area contributed by atoms with Crippen LogP contribution in [0.25, 0.3) is 0 Å². The minimum Gasteiger partial charge on any atom is -0.258 e. The number of pyridine rings is 1. The van der Waals surface area contributed by atoms with Gasteiger partial charge in [0.2, 0.25) is 0 Å². The second-order valence-corrected chi connectivity index (χ2v) is 6.75. The van der Waals surface area contributed by atoms with Crippen molar-refractivity contribution in [2.75, 3.05) is 11.4 Å². The molecule has 0 fully saturated rings.